The van der Waals surface area contributed by atoms with Gasteiger partial charge in [0.05, 0.1) is 5.56 Å². The van der Waals surface area contributed by atoms with Crippen LogP contribution in [0.2, 0.25) is 0 Å². The van der Waals surface area contributed by atoms with Crippen molar-refractivity contribution < 1.29 is 4.79 Å². The maximum Gasteiger partial charge on any atom is 0.255 e. The fourth-order valence-electron chi connectivity index (χ4n) is 5.08. The largest absolute Gasteiger partial charge is 0.331 e. The highest BCUT2D eigenvalue weighted by Crippen LogP contribution is 2.32. The number of carbonyl (C=O) groups excluding carboxylic acids is 1. The Balaban J connectivity index is 1.57. The van der Waals surface area contributed by atoms with Crippen molar-refractivity contribution in [3.8, 4) is 11.1 Å². The average Bonchev–Trinajstić information content (AvgIpc) is 3.26. The number of hydrogen-bond acceptors (Lipinski definition) is 1. The lowest BCUT2D eigenvalue weighted by molar-refractivity contribution is 0.0668. The predicted molar refractivity (Wildman–Crippen MR) is 135 cm³/mol. The molecule has 0 saturated heterocycles. The van der Waals surface area contributed by atoms with Crippen molar-refractivity contribution in [2.24, 2.45) is 0 Å². The van der Waals surface area contributed by atoms with Gasteiger partial charge in [0.1, 0.15) is 0 Å². The van der Waals surface area contributed by atoms with E-state index in [-0.39, 0.29) is 11.9 Å². The van der Waals surface area contributed by atoms with Gasteiger partial charge in [0.2, 0.25) is 0 Å². The van der Waals surface area contributed by atoms with E-state index in [1.165, 1.54) is 22.3 Å². The minimum Gasteiger partial charge on any atom is -0.331 e. The normalized spacial score (nSPS) is 13.0. The molecule has 1 aliphatic carbocycles. The number of fused-ring (bicyclic) bond motifs is 1. The maximum atomic E-state index is 14.3. The Morgan fingerprint density at radius 2 is 1.45 bits per heavy atom. The van der Waals surface area contributed by atoms with Crippen LogP contribution in [-0.4, -0.2) is 16.8 Å². The van der Waals surface area contributed by atoms with Gasteiger partial charge in [-0.05, 0) is 60.1 Å². The number of carbonyl (C=O) groups is 1. The molecule has 0 N–H and O–H groups in total. The van der Waals surface area contributed by atoms with E-state index in [0.717, 1.165) is 35.1 Å². The molecular formula is C31H29NO. The summed E-state index contributed by atoms with van der Waals surface area (Å²) in [4.78, 5) is 16.4. The fourth-order valence-corrected chi connectivity index (χ4v) is 5.08. The second-order valence-electron chi connectivity index (χ2n) is 9.12. The molecule has 0 aromatic heterocycles. The third-order valence-corrected chi connectivity index (χ3v) is 6.74. The summed E-state index contributed by atoms with van der Waals surface area (Å²) in [6, 6.07) is 33.7. The molecule has 4 aromatic carbocycles. The Kier molecular flexibility index (Phi) is 5.83. The molecular weight excluding hydrogens is 402 g/mol. The number of hydrogen-bond donors (Lipinski definition) is 0. The molecule has 2 nitrogen and oxygen atoms in total. The molecule has 2 heteroatoms. The Bertz CT molecular complexity index is 1270. The van der Waals surface area contributed by atoms with Crippen molar-refractivity contribution in [1.82, 2.24) is 4.90 Å². The van der Waals surface area contributed by atoms with Gasteiger partial charge >= 0.3 is 0 Å². The van der Waals surface area contributed by atoms with E-state index in [9.17, 15) is 4.79 Å². The Morgan fingerprint density at radius 1 is 0.788 bits per heavy atom. The minimum atomic E-state index is 0.117. The van der Waals surface area contributed by atoms with Crippen molar-refractivity contribution in [2.45, 2.75) is 39.3 Å². The SMILES string of the molecule is Cc1cccc(CN(C(=O)c2c(C)cccc2-c2ccccc2)C2Cc3ccccc3C2)c1. The smallest absolute Gasteiger partial charge is 0.255 e. The molecule has 0 spiro atoms. The monoisotopic (exact) mass is 431 g/mol. The zero-order chi connectivity index (χ0) is 22.8. The number of nitrogens with zero attached hydrogens (tertiary/aromatic N) is 1. The quantitative estimate of drug-likeness (QED) is 0.341. The van der Waals surface area contributed by atoms with Crippen LogP contribution in [-0.2, 0) is 19.4 Å². The van der Waals surface area contributed by atoms with Crippen LogP contribution in [0.3, 0.4) is 0 Å². The summed E-state index contributed by atoms with van der Waals surface area (Å²) in [5, 5.41) is 0. The second kappa shape index (κ2) is 9.07. The first kappa shape index (κ1) is 21.2. The summed E-state index contributed by atoms with van der Waals surface area (Å²) in [5.74, 6) is 0.117. The van der Waals surface area contributed by atoms with E-state index in [2.05, 4.69) is 78.6 Å². The molecule has 0 heterocycles. The summed E-state index contributed by atoms with van der Waals surface area (Å²) in [6.45, 7) is 4.77. The van der Waals surface area contributed by atoms with E-state index < -0.39 is 0 Å². The zero-order valence-electron chi connectivity index (χ0n) is 19.3. The van der Waals surface area contributed by atoms with Crippen molar-refractivity contribution in [2.75, 3.05) is 0 Å². The highest BCUT2D eigenvalue weighted by molar-refractivity contribution is 6.02. The Morgan fingerprint density at radius 3 is 2.15 bits per heavy atom. The molecule has 0 unspecified atom stereocenters. The van der Waals surface area contributed by atoms with E-state index in [1.54, 1.807) is 0 Å². The van der Waals surface area contributed by atoms with E-state index >= 15 is 0 Å². The highest BCUT2D eigenvalue weighted by atomic mass is 16.2. The molecule has 0 bridgehead atoms. The van der Waals surface area contributed by atoms with Crippen LogP contribution in [0.15, 0.2) is 97.1 Å². The van der Waals surface area contributed by atoms with Crippen LogP contribution in [0.5, 0.6) is 0 Å². The molecule has 0 saturated carbocycles. The molecule has 0 radical (unpaired) electrons. The van der Waals surface area contributed by atoms with Gasteiger partial charge in [-0.3, -0.25) is 4.79 Å². The average molecular weight is 432 g/mol. The third-order valence-electron chi connectivity index (χ3n) is 6.74. The van der Waals surface area contributed by atoms with Crippen molar-refractivity contribution in [1.29, 1.82) is 0 Å². The fraction of sp³-hybridized carbons (Fsp3) is 0.194. The summed E-state index contributed by atoms with van der Waals surface area (Å²) in [7, 11) is 0. The highest BCUT2D eigenvalue weighted by Gasteiger charge is 2.32. The third kappa shape index (κ3) is 4.34. The van der Waals surface area contributed by atoms with Crippen molar-refractivity contribution >= 4 is 5.91 Å². The Labute approximate surface area is 196 Å². The first-order chi connectivity index (χ1) is 16.1. The molecule has 0 atom stereocenters. The number of aryl methyl sites for hydroxylation is 2. The first-order valence-corrected chi connectivity index (χ1v) is 11.7. The number of benzene rings is 4. The lowest BCUT2D eigenvalue weighted by atomic mass is 9.94. The predicted octanol–water partition coefficient (Wildman–Crippen LogP) is 6.78. The minimum absolute atomic E-state index is 0.117. The van der Waals surface area contributed by atoms with Crippen molar-refractivity contribution in [3.63, 3.8) is 0 Å². The van der Waals surface area contributed by atoms with Crippen LogP contribution in [0, 0.1) is 13.8 Å². The lowest BCUT2D eigenvalue weighted by Crippen LogP contribution is -2.41. The van der Waals surface area contributed by atoms with Crippen molar-refractivity contribution in [3.05, 3.63) is 130 Å². The van der Waals surface area contributed by atoms with Gasteiger partial charge in [-0.1, -0.05) is 103 Å². The van der Waals surface area contributed by atoms with Crippen LogP contribution in [0.4, 0.5) is 0 Å². The zero-order valence-corrected chi connectivity index (χ0v) is 19.3. The molecule has 1 aliphatic rings. The second-order valence-corrected chi connectivity index (χ2v) is 9.12. The van der Waals surface area contributed by atoms with E-state index in [4.69, 9.17) is 0 Å². The number of amides is 1. The molecule has 0 aliphatic heterocycles. The maximum absolute atomic E-state index is 14.3. The first-order valence-electron chi connectivity index (χ1n) is 11.7. The summed E-state index contributed by atoms with van der Waals surface area (Å²) in [6.07, 6.45) is 1.81. The van der Waals surface area contributed by atoms with Crippen LogP contribution >= 0.6 is 0 Å². The molecule has 4 aromatic rings. The Hall–Kier alpha value is -3.65. The standard InChI is InChI=1S/C31H29NO/c1-22-10-8-12-24(18-22)21-32(28-19-26-15-6-7-16-27(26)20-28)31(33)30-23(2)11-9-17-29(30)25-13-4-3-5-14-25/h3-18,28H,19-21H2,1-2H3. The van der Waals surface area contributed by atoms with Gasteiger partial charge in [0, 0.05) is 12.6 Å². The lowest BCUT2D eigenvalue weighted by Gasteiger charge is -2.31. The van der Waals surface area contributed by atoms with Gasteiger partial charge < -0.3 is 4.90 Å². The van der Waals surface area contributed by atoms with E-state index in [0.29, 0.717) is 6.54 Å². The van der Waals surface area contributed by atoms with Gasteiger partial charge in [0.25, 0.3) is 5.91 Å². The topological polar surface area (TPSA) is 20.3 Å². The van der Waals surface area contributed by atoms with Crippen LogP contribution in [0.1, 0.15) is 38.2 Å². The molecule has 1 amide bonds. The number of rotatable bonds is 5. The summed E-state index contributed by atoms with van der Waals surface area (Å²) in [5.41, 5.74) is 9.03. The molecule has 0 fully saturated rings. The van der Waals surface area contributed by atoms with Crippen LogP contribution < -0.4 is 0 Å². The van der Waals surface area contributed by atoms with Gasteiger partial charge in [-0.25, -0.2) is 0 Å². The summed E-state index contributed by atoms with van der Waals surface area (Å²) >= 11 is 0. The molecule has 5 rings (SSSR count). The molecule has 164 valence electrons. The summed E-state index contributed by atoms with van der Waals surface area (Å²) < 4.78 is 0. The van der Waals surface area contributed by atoms with E-state index in [1.807, 2.05) is 37.3 Å². The molecule has 33 heavy (non-hydrogen) atoms. The van der Waals surface area contributed by atoms with Gasteiger partial charge in [-0.2, -0.15) is 0 Å². The van der Waals surface area contributed by atoms with Gasteiger partial charge in [0.15, 0.2) is 0 Å². The van der Waals surface area contributed by atoms with Crippen LogP contribution in [0.25, 0.3) is 11.1 Å². The van der Waals surface area contributed by atoms with Gasteiger partial charge in [-0.15, -0.1) is 0 Å².